The van der Waals surface area contributed by atoms with Crippen molar-refractivity contribution in [2.45, 2.75) is 25.7 Å². The van der Waals surface area contributed by atoms with Gasteiger partial charge in [0.1, 0.15) is 11.0 Å². The predicted molar refractivity (Wildman–Crippen MR) is 68.0 cm³/mol. The number of amides is 1. The van der Waals surface area contributed by atoms with Crippen LogP contribution < -0.4 is 5.32 Å². The van der Waals surface area contributed by atoms with Crippen LogP contribution in [0.15, 0.2) is 6.07 Å². The summed E-state index contributed by atoms with van der Waals surface area (Å²) in [7, 11) is 0. The number of hydrogen-bond donors (Lipinski definition) is 1. The molecule has 0 saturated carbocycles. The average molecular weight is 272 g/mol. The fourth-order valence-corrected chi connectivity index (χ4v) is 1.58. The van der Waals surface area contributed by atoms with Gasteiger partial charge in [-0.2, -0.15) is 0 Å². The van der Waals surface area contributed by atoms with Gasteiger partial charge in [-0.25, -0.2) is 9.97 Å². The van der Waals surface area contributed by atoms with Crippen LogP contribution in [-0.2, 0) is 4.79 Å². The van der Waals surface area contributed by atoms with Crippen LogP contribution in [0.2, 0.25) is 10.4 Å². The summed E-state index contributed by atoms with van der Waals surface area (Å²) in [4.78, 5) is 19.0. The van der Waals surface area contributed by atoms with Crippen molar-refractivity contribution >= 4 is 34.9 Å². The maximum Gasteiger partial charge on any atom is 0.225 e. The van der Waals surface area contributed by atoms with Gasteiger partial charge >= 0.3 is 0 Å². The molecule has 90 valence electrons. The van der Waals surface area contributed by atoms with Crippen LogP contribution in [-0.4, -0.2) is 15.9 Å². The predicted octanol–water partition coefficient (Wildman–Crippen LogP) is 2.92. The number of terminal acetylenes is 1. The highest BCUT2D eigenvalue weighted by Gasteiger charge is 2.05. The summed E-state index contributed by atoms with van der Waals surface area (Å²) < 4.78 is 0. The summed E-state index contributed by atoms with van der Waals surface area (Å²) in [6.45, 7) is 0. The molecule has 1 aromatic rings. The molecule has 0 bridgehead atoms. The van der Waals surface area contributed by atoms with Gasteiger partial charge in [0.25, 0.3) is 0 Å². The van der Waals surface area contributed by atoms with E-state index in [-0.39, 0.29) is 16.3 Å². The van der Waals surface area contributed by atoms with Crippen LogP contribution in [0.5, 0.6) is 0 Å². The molecule has 4 nitrogen and oxygen atoms in total. The molecular weight excluding hydrogens is 261 g/mol. The van der Waals surface area contributed by atoms with E-state index in [9.17, 15) is 4.79 Å². The zero-order valence-corrected chi connectivity index (χ0v) is 10.6. The quantitative estimate of drug-likeness (QED) is 0.388. The van der Waals surface area contributed by atoms with Crippen molar-refractivity contribution in [3.8, 4) is 12.3 Å². The molecular formula is C11H11Cl2N3O. The minimum absolute atomic E-state index is 0.000122. The Morgan fingerprint density at radius 1 is 1.41 bits per heavy atom. The molecule has 1 rings (SSSR count). The summed E-state index contributed by atoms with van der Waals surface area (Å²) in [5, 5.41) is 2.78. The van der Waals surface area contributed by atoms with Crippen molar-refractivity contribution in [2.75, 3.05) is 5.32 Å². The molecule has 0 aromatic carbocycles. The summed E-state index contributed by atoms with van der Waals surface area (Å²) >= 11 is 11.3. The van der Waals surface area contributed by atoms with Crippen molar-refractivity contribution in [1.82, 2.24) is 9.97 Å². The summed E-state index contributed by atoms with van der Waals surface area (Å²) in [6.07, 6.45) is 7.74. The lowest BCUT2D eigenvalue weighted by atomic mass is 10.2. The monoisotopic (exact) mass is 271 g/mol. The third-order valence-corrected chi connectivity index (χ3v) is 2.27. The molecule has 1 amide bonds. The van der Waals surface area contributed by atoms with Crippen LogP contribution in [0.3, 0.4) is 0 Å². The Morgan fingerprint density at radius 3 is 2.82 bits per heavy atom. The normalized spacial score (nSPS) is 9.71. The summed E-state index contributed by atoms with van der Waals surface area (Å²) in [5.74, 6) is 2.68. The highest BCUT2D eigenvalue weighted by molar-refractivity contribution is 6.32. The van der Waals surface area contributed by atoms with Gasteiger partial charge in [-0.05, 0) is 24.4 Å². The topological polar surface area (TPSA) is 54.9 Å². The lowest BCUT2D eigenvalue weighted by molar-refractivity contribution is -0.116. The Hall–Kier alpha value is -1.31. The number of carbonyl (C=O) groups excluding carboxylic acids is 1. The average Bonchev–Trinajstić information content (AvgIpc) is 2.23. The van der Waals surface area contributed by atoms with Gasteiger partial charge in [0.2, 0.25) is 11.2 Å². The first kappa shape index (κ1) is 13.8. The van der Waals surface area contributed by atoms with Crippen molar-refractivity contribution < 1.29 is 4.79 Å². The molecule has 1 N–H and O–H groups in total. The van der Waals surface area contributed by atoms with Gasteiger partial charge in [0.15, 0.2) is 0 Å². The second kappa shape index (κ2) is 7.10. The maximum atomic E-state index is 11.5. The molecule has 6 heteroatoms. The van der Waals surface area contributed by atoms with Crippen LogP contribution in [0.1, 0.15) is 25.7 Å². The van der Waals surface area contributed by atoms with Gasteiger partial charge < -0.3 is 5.32 Å². The molecule has 0 radical (unpaired) electrons. The number of nitrogens with zero attached hydrogens (tertiary/aromatic N) is 2. The summed E-state index contributed by atoms with van der Waals surface area (Å²) in [5.41, 5.74) is 0. The smallest absolute Gasteiger partial charge is 0.225 e. The molecule has 1 aromatic heterocycles. The van der Waals surface area contributed by atoms with Crippen LogP contribution >= 0.6 is 23.2 Å². The fraction of sp³-hybridized carbons (Fsp3) is 0.364. The Bertz CT molecular complexity index is 423. The number of hydrogen-bond acceptors (Lipinski definition) is 3. The van der Waals surface area contributed by atoms with Gasteiger partial charge in [-0.15, -0.1) is 12.3 Å². The number of unbranched alkanes of at least 4 members (excludes halogenated alkanes) is 2. The standard InChI is InChI=1S/C11H11Cl2N3O/c1-2-3-4-5-6-10(17)15-9-7-8(12)14-11(13)16-9/h1,7H,3-6H2,(H,14,15,16,17). The van der Waals surface area contributed by atoms with E-state index < -0.39 is 0 Å². The first-order chi connectivity index (χ1) is 8.11. The van der Waals surface area contributed by atoms with Crippen LogP contribution in [0.4, 0.5) is 5.82 Å². The van der Waals surface area contributed by atoms with E-state index in [1.807, 2.05) is 0 Å². The number of nitrogens with one attached hydrogen (secondary N) is 1. The molecule has 0 atom stereocenters. The Balaban J connectivity index is 2.43. The van der Waals surface area contributed by atoms with Crippen molar-refractivity contribution in [3.05, 3.63) is 16.5 Å². The van der Waals surface area contributed by atoms with E-state index in [1.54, 1.807) is 0 Å². The first-order valence-electron chi connectivity index (χ1n) is 5.05. The highest BCUT2D eigenvalue weighted by Crippen LogP contribution is 2.14. The third kappa shape index (κ3) is 5.53. The molecule has 0 unspecified atom stereocenters. The molecule has 0 aliphatic carbocycles. The SMILES string of the molecule is C#CCCCCC(=O)Nc1cc(Cl)nc(Cl)n1. The van der Waals surface area contributed by atoms with E-state index in [0.717, 1.165) is 12.8 Å². The van der Waals surface area contributed by atoms with Gasteiger partial charge in [0, 0.05) is 18.9 Å². The largest absolute Gasteiger partial charge is 0.311 e. The summed E-state index contributed by atoms with van der Waals surface area (Å²) in [6, 6.07) is 1.44. The van der Waals surface area contributed by atoms with Crippen molar-refractivity contribution in [2.24, 2.45) is 0 Å². The second-order valence-corrected chi connectivity index (χ2v) is 4.03. The zero-order valence-electron chi connectivity index (χ0n) is 9.04. The van der Waals surface area contributed by atoms with Crippen molar-refractivity contribution in [3.63, 3.8) is 0 Å². The lowest BCUT2D eigenvalue weighted by Gasteiger charge is -2.04. The Kier molecular flexibility index (Phi) is 5.75. The number of rotatable bonds is 5. The van der Waals surface area contributed by atoms with Gasteiger partial charge in [-0.1, -0.05) is 11.6 Å². The molecule has 0 aliphatic heterocycles. The molecule has 0 spiro atoms. The van der Waals surface area contributed by atoms with Crippen LogP contribution in [0.25, 0.3) is 0 Å². The molecule has 0 saturated heterocycles. The maximum absolute atomic E-state index is 11.5. The van der Waals surface area contributed by atoms with E-state index in [2.05, 4.69) is 21.2 Å². The Morgan fingerprint density at radius 2 is 2.18 bits per heavy atom. The minimum atomic E-state index is -0.146. The van der Waals surface area contributed by atoms with E-state index in [1.165, 1.54) is 6.07 Å². The van der Waals surface area contributed by atoms with E-state index in [4.69, 9.17) is 29.6 Å². The zero-order chi connectivity index (χ0) is 12.7. The number of halogens is 2. The number of carbonyl (C=O) groups is 1. The molecule has 0 aliphatic rings. The highest BCUT2D eigenvalue weighted by atomic mass is 35.5. The van der Waals surface area contributed by atoms with Crippen LogP contribution in [0, 0.1) is 12.3 Å². The molecule has 17 heavy (non-hydrogen) atoms. The third-order valence-electron chi connectivity index (χ3n) is 1.91. The van der Waals surface area contributed by atoms with E-state index >= 15 is 0 Å². The van der Waals surface area contributed by atoms with E-state index in [0.29, 0.717) is 18.7 Å². The molecule has 0 fully saturated rings. The second-order valence-electron chi connectivity index (χ2n) is 3.30. The minimum Gasteiger partial charge on any atom is -0.311 e. The van der Waals surface area contributed by atoms with Gasteiger partial charge in [0.05, 0.1) is 0 Å². The van der Waals surface area contributed by atoms with Crippen molar-refractivity contribution in [1.29, 1.82) is 0 Å². The molecule has 1 heterocycles. The number of anilines is 1. The lowest BCUT2D eigenvalue weighted by Crippen LogP contribution is -2.12. The Labute approximate surface area is 110 Å². The first-order valence-corrected chi connectivity index (χ1v) is 5.81. The fourth-order valence-electron chi connectivity index (χ4n) is 1.17. The number of aromatic nitrogens is 2. The van der Waals surface area contributed by atoms with Gasteiger partial charge in [-0.3, -0.25) is 4.79 Å².